The Bertz CT molecular complexity index is 490. The van der Waals surface area contributed by atoms with Gasteiger partial charge in [0.2, 0.25) is 0 Å². The maximum atomic E-state index is 11.0. The normalized spacial score (nSPS) is 25.3. The number of hydrogen-bond donors (Lipinski definition) is 0. The van der Waals surface area contributed by atoms with E-state index in [4.69, 9.17) is 4.74 Å². The Kier molecular flexibility index (Phi) is 3.69. The van der Waals surface area contributed by atoms with E-state index in [-0.39, 0.29) is 17.2 Å². The number of rotatable bonds is 3. The van der Waals surface area contributed by atoms with E-state index in [2.05, 4.69) is 45.7 Å². The number of benzene rings is 1. The van der Waals surface area contributed by atoms with E-state index >= 15 is 0 Å². The molecule has 1 aliphatic carbocycles. The highest BCUT2D eigenvalue weighted by Gasteiger charge is 2.49. The third kappa shape index (κ3) is 2.40. The van der Waals surface area contributed by atoms with Crippen molar-refractivity contribution in [3.63, 3.8) is 0 Å². The van der Waals surface area contributed by atoms with Gasteiger partial charge in [-0.05, 0) is 18.6 Å². The van der Waals surface area contributed by atoms with Gasteiger partial charge in [-0.25, -0.2) is 0 Å². The molecular weight excluding hydrogens is 366 g/mol. The molecule has 1 aromatic rings. The van der Waals surface area contributed by atoms with Crippen LogP contribution in [0.5, 0.6) is 5.75 Å². The molecule has 4 nitrogen and oxygen atoms in total. The van der Waals surface area contributed by atoms with E-state index in [0.29, 0.717) is 15.0 Å². The molecule has 2 rings (SSSR count). The van der Waals surface area contributed by atoms with Gasteiger partial charge in [0.1, 0.15) is 6.10 Å². The molecule has 6 heteroatoms. The molecule has 0 aliphatic heterocycles. The van der Waals surface area contributed by atoms with Crippen LogP contribution in [0.3, 0.4) is 0 Å². The van der Waals surface area contributed by atoms with Crippen molar-refractivity contribution in [1.82, 2.24) is 0 Å². The van der Waals surface area contributed by atoms with Gasteiger partial charge in [-0.3, -0.25) is 10.1 Å². The summed E-state index contributed by atoms with van der Waals surface area (Å²) in [5, 5.41) is 11.0. The van der Waals surface area contributed by atoms with E-state index in [1.807, 2.05) is 0 Å². The molecular formula is C12H13Br2NO3. The summed E-state index contributed by atoms with van der Waals surface area (Å²) in [5.41, 5.74) is -0.0146. The second kappa shape index (κ2) is 4.81. The Morgan fingerprint density at radius 1 is 1.50 bits per heavy atom. The number of alkyl halides is 1. The SMILES string of the molecule is CC1(C)C(Br)CC1Oc1ccc(Br)cc1[N+](=O)[O-]. The maximum Gasteiger partial charge on any atom is 0.312 e. The zero-order valence-corrected chi connectivity index (χ0v) is 13.2. The second-order valence-electron chi connectivity index (χ2n) is 5.00. The van der Waals surface area contributed by atoms with Gasteiger partial charge in [-0.15, -0.1) is 0 Å². The van der Waals surface area contributed by atoms with Crippen LogP contribution in [0.15, 0.2) is 22.7 Å². The van der Waals surface area contributed by atoms with Gasteiger partial charge in [0.05, 0.1) is 4.92 Å². The fraction of sp³-hybridized carbons (Fsp3) is 0.500. The van der Waals surface area contributed by atoms with Gasteiger partial charge in [-0.2, -0.15) is 0 Å². The summed E-state index contributed by atoms with van der Waals surface area (Å²) in [5.74, 6) is 0.334. The van der Waals surface area contributed by atoms with Gasteiger partial charge < -0.3 is 4.74 Å². The minimum absolute atomic E-state index is 0.00162. The van der Waals surface area contributed by atoms with Gasteiger partial charge in [0.25, 0.3) is 0 Å². The number of ether oxygens (including phenoxy) is 1. The highest BCUT2D eigenvalue weighted by Crippen LogP contribution is 2.48. The number of nitrogens with zero attached hydrogens (tertiary/aromatic N) is 1. The summed E-state index contributed by atoms with van der Waals surface area (Å²) < 4.78 is 6.46. The quantitative estimate of drug-likeness (QED) is 0.447. The van der Waals surface area contributed by atoms with Gasteiger partial charge in [-0.1, -0.05) is 45.7 Å². The molecule has 1 fully saturated rings. The molecule has 2 unspecified atom stereocenters. The minimum atomic E-state index is -0.419. The molecule has 0 N–H and O–H groups in total. The highest BCUT2D eigenvalue weighted by atomic mass is 79.9. The Labute approximate surface area is 122 Å². The van der Waals surface area contributed by atoms with Crippen LogP contribution in [0.1, 0.15) is 20.3 Å². The molecule has 1 saturated carbocycles. The molecule has 0 spiro atoms. The molecule has 1 aromatic carbocycles. The molecule has 0 aromatic heterocycles. The summed E-state index contributed by atoms with van der Waals surface area (Å²) in [4.78, 5) is 11.0. The van der Waals surface area contributed by atoms with Gasteiger partial charge in [0.15, 0.2) is 5.75 Å². The fourth-order valence-corrected chi connectivity index (χ4v) is 2.91. The van der Waals surface area contributed by atoms with Crippen LogP contribution in [-0.4, -0.2) is 15.9 Å². The Morgan fingerprint density at radius 2 is 2.17 bits per heavy atom. The molecule has 0 bridgehead atoms. The van der Waals surface area contributed by atoms with Crippen molar-refractivity contribution in [3.05, 3.63) is 32.8 Å². The van der Waals surface area contributed by atoms with Crippen molar-refractivity contribution >= 4 is 37.5 Å². The Hall–Kier alpha value is -0.620. The predicted molar refractivity (Wildman–Crippen MR) is 76.3 cm³/mol. The monoisotopic (exact) mass is 377 g/mol. The van der Waals surface area contributed by atoms with E-state index in [1.54, 1.807) is 12.1 Å². The zero-order chi connectivity index (χ0) is 13.5. The van der Waals surface area contributed by atoms with Crippen LogP contribution in [0.2, 0.25) is 0 Å². The Balaban J connectivity index is 2.23. The molecule has 18 heavy (non-hydrogen) atoms. The molecule has 98 valence electrons. The first-order valence-corrected chi connectivity index (χ1v) is 7.28. The molecule has 1 aliphatic rings. The molecule has 2 atom stereocenters. The Morgan fingerprint density at radius 3 is 2.67 bits per heavy atom. The number of nitro groups is 1. The largest absolute Gasteiger partial charge is 0.483 e. The van der Waals surface area contributed by atoms with Crippen molar-refractivity contribution in [2.45, 2.75) is 31.2 Å². The molecule has 0 amide bonds. The van der Waals surface area contributed by atoms with E-state index in [1.165, 1.54) is 6.07 Å². The zero-order valence-electron chi connectivity index (χ0n) is 10.0. The summed E-state index contributed by atoms with van der Waals surface area (Å²) >= 11 is 6.80. The van der Waals surface area contributed by atoms with Crippen molar-refractivity contribution in [2.24, 2.45) is 5.41 Å². The average Bonchev–Trinajstić information content (AvgIpc) is 2.30. The first-order chi connectivity index (χ1) is 8.32. The predicted octanol–water partition coefficient (Wildman–Crippen LogP) is 4.30. The van der Waals surface area contributed by atoms with Crippen LogP contribution in [-0.2, 0) is 0 Å². The first-order valence-electron chi connectivity index (χ1n) is 5.57. The average molecular weight is 379 g/mol. The van der Waals surface area contributed by atoms with Crippen LogP contribution < -0.4 is 4.74 Å². The third-order valence-electron chi connectivity index (χ3n) is 3.45. The van der Waals surface area contributed by atoms with Crippen molar-refractivity contribution in [2.75, 3.05) is 0 Å². The smallest absolute Gasteiger partial charge is 0.312 e. The maximum absolute atomic E-state index is 11.0. The van der Waals surface area contributed by atoms with E-state index in [0.717, 1.165) is 6.42 Å². The van der Waals surface area contributed by atoms with E-state index < -0.39 is 4.92 Å². The lowest BCUT2D eigenvalue weighted by atomic mass is 9.69. The van der Waals surface area contributed by atoms with Crippen molar-refractivity contribution in [3.8, 4) is 5.75 Å². The van der Waals surface area contributed by atoms with Crippen LogP contribution >= 0.6 is 31.9 Å². The van der Waals surface area contributed by atoms with Gasteiger partial charge in [0, 0.05) is 20.8 Å². The fourth-order valence-electron chi connectivity index (χ4n) is 1.92. The number of hydrogen-bond acceptors (Lipinski definition) is 3. The molecule has 0 saturated heterocycles. The summed E-state index contributed by atoms with van der Waals surface area (Å²) in [6.07, 6.45) is 0.863. The highest BCUT2D eigenvalue weighted by molar-refractivity contribution is 9.10. The van der Waals surface area contributed by atoms with Gasteiger partial charge >= 0.3 is 5.69 Å². The third-order valence-corrected chi connectivity index (χ3v) is 5.49. The first kappa shape index (κ1) is 13.8. The summed E-state index contributed by atoms with van der Waals surface area (Å²) in [6, 6.07) is 4.85. The summed E-state index contributed by atoms with van der Waals surface area (Å²) in [6.45, 7) is 4.18. The van der Waals surface area contributed by atoms with Crippen molar-refractivity contribution < 1.29 is 9.66 Å². The lowest BCUT2D eigenvalue weighted by Crippen LogP contribution is -2.53. The molecule has 0 radical (unpaired) electrons. The van der Waals surface area contributed by atoms with Crippen LogP contribution in [0.25, 0.3) is 0 Å². The number of nitro benzene ring substituents is 1. The number of halogens is 2. The van der Waals surface area contributed by atoms with Crippen LogP contribution in [0.4, 0.5) is 5.69 Å². The van der Waals surface area contributed by atoms with E-state index in [9.17, 15) is 10.1 Å². The summed E-state index contributed by atoms with van der Waals surface area (Å²) in [7, 11) is 0. The van der Waals surface area contributed by atoms with Crippen molar-refractivity contribution in [1.29, 1.82) is 0 Å². The van der Waals surface area contributed by atoms with Crippen LogP contribution in [0, 0.1) is 15.5 Å². The second-order valence-corrected chi connectivity index (χ2v) is 7.02. The lowest BCUT2D eigenvalue weighted by molar-refractivity contribution is -0.386. The molecule has 0 heterocycles. The minimum Gasteiger partial charge on any atom is -0.483 e. The standard InChI is InChI=1S/C12H13Br2NO3/c1-12(2)10(14)6-11(12)18-9-4-3-7(13)5-8(9)15(16)17/h3-5,10-11H,6H2,1-2H3. The lowest BCUT2D eigenvalue weighted by Gasteiger charge is -2.48. The topological polar surface area (TPSA) is 52.4 Å².